The second-order valence-corrected chi connectivity index (χ2v) is 3.40. The summed E-state index contributed by atoms with van der Waals surface area (Å²) in [5.41, 5.74) is 0. The lowest BCUT2D eigenvalue weighted by molar-refractivity contribution is -0.0448. The van der Waals surface area contributed by atoms with Crippen LogP contribution in [0.25, 0.3) is 0 Å². The van der Waals surface area contributed by atoms with Crippen molar-refractivity contribution in [1.29, 1.82) is 0 Å². The highest BCUT2D eigenvalue weighted by atomic mass is 19.3. The molecule has 0 aromatic rings. The lowest BCUT2D eigenvalue weighted by Crippen LogP contribution is -2.37. The molecule has 14 heavy (non-hydrogen) atoms. The highest BCUT2D eigenvalue weighted by Crippen LogP contribution is 2.13. The van der Waals surface area contributed by atoms with E-state index >= 15 is 0 Å². The molecule has 0 spiro atoms. The number of ether oxygens (including phenoxy) is 1. The molecular formula is C10H15F2NO. The molecule has 0 bridgehead atoms. The van der Waals surface area contributed by atoms with Crippen molar-refractivity contribution in [3.05, 3.63) is 0 Å². The molecule has 0 aromatic carbocycles. The number of halogens is 2. The van der Waals surface area contributed by atoms with Crippen LogP contribution >= 0.6 is 0 Å². The van der Waals surface area contributed by atoms with E-state index in [-0.39, 0.29) is 6.10 Å². The molecule has 0 amide bonds. The fourth-order valence-corrected chi connectivity index (χ4v) is 1.57. The zero-order valence-corrected chi connectivity index (χ0v) is 8.09. The van der Waals surface area contributed by atoms with Gasteiger partial charge in [-0.05, 0) is 12.8 Å². The van der Waals surface area contributed by atoms with Gasteiger partial charge in [-0.1, -0.05) is 5.92 Å². The number of nitrogens with zero attached hydrogens (tertiary/aromatic N) is 1. The summed E-state index contributed by atoms with van der Waals surface area (Å²) in [6.07, 6.45) is 4.39. The van der Waals surface area contributed by atoms with E-state index < -0.39 is 13.0 Å². The number of hydrogen-bond acceptors (Lipinski definition) is 2. The van der Waals surface area contributed by atoms with Crippen molar-refractivity contribution < 1.29 is 13.5 Å². The second-order valence-electron chi connectivity index (χ2n) is 3.40. The minimum absolute atomic E-state index is 0.0157. The average molecular weight is 203 g/mol. The first-order chi connectivity index (χ1) is 6.72. The van der Waals surface area contributed by atoms with E-state index in [0.29, 0.717) is 6.54 Å². The van der Waals surface area contributed by atoms with Crippen LogP contribution in [0, 0.1) is 12.3 Å². The van der Waals surface area contributed by atoms with Crippen LogP contribution in [0.3, 0.4) is 0 Å². The van der Waals surface area contributed by atoms with Crippen LogP contribution in [-0.4, -0.2) is 43.7 Å². The lowest BCUT2D eigenvalue weighted by atomic mass is 10.1. The summed E-state index contributed by atoms with van der Waals surface area (Å²) < 4.78 is 28.7. The first kappa shape index (κ1) is 11.4. The Morgan fingerprint density at radius 3 is 2.57 bits per heavy atom. The van der Waals surface area contributed by atoms with Gasteiger partial charge in [0.15, 0.2) is 0 Å². The molecule has 0 aromatic heterocycles. The first-order valence-electron chi connectivity index (χ1n) is 4.78. The topological polar surface area (TPSA) is 12.5 Å². The molecule has 0 atom stereocenters. The maximum atomic E-state index is 11.8. The molecule has 1 fully saturated rings. The van der Waals surface area contributed by atoms with Gasteiger partial charge in [0.25, 0.3) is 6.43 Å². The van der Waals surface area contributed by atoms with E-state index in [1.807, 2.05) is 0 Å². The van der Waals surface area contributed by atoms with Gasteiger partial charge in [0.2, 0.25) is 0 Å². The molecule has 2 nitrogen and oxygen atoms in total. The lowest BCUT2D eigenvalue weighted by Gasteiger charge is -2.30. The van der Waals surface area contributed by atoms with E-state index in [1.165, 1.54) is 0 Å². The van der Waals surface area contributed by atoms with Crippen LogP contribution < -0.4 is 0 Å². The molecule has 0 radical (unpaired) electrons. The Morgan fingerprint density at radius 2 is 2.07 bits per heavy atom. The third-order valence-electron chi connectivity index (χ3n) is 2.31. The van der Waals surface area contributed by atoms with Gasteiger partial charge in [-0.25, -0.2) is 8.78 Å². The number of piperidine rings is 1. The zero-order valence-electron chi connectivity index (χ0n) is 8.09. The third kappa shape index (κ3) is 4.03. The van der Waals surface area contributed by atoms with Gasteiger partial charge in [0.1, 0.15) is 6.61 Å². The maximum absolute atomic E-state index is 11.8. The second kappa shape index (κ2) is 5.94. The Hall–Kier alpha value is -0.660. The molecule has 1 rings (SSSR count). The van der Waals surface area contributed by atoms with Crippen LogP contribution in [0.5, 0.6) is 0 Å². The molecule has 1 aliphatic heterocycles. The van der Waals surface area contributed by atoms with E-state index in [9.17, 15) is 8.78 Å². The minimum atomic E-state index is -2.36. The number of hydrogen-bond donors (Lipinski definition) is 0. The highest BCUT2D eigenvalue weighted by molar-refractivity contribution is 4.89. The number of rotatable bonds is 4. The normalized spacial score (nSPS) is 19.9. The predicted octanol–water partition coefficient (Wildman–Crippen LogP) is 1.37. The van der Waals surface area contributed by atoms with Crippen molar-refractivity contribution in [1.82, 2.24) is 4.90 Å². The molecule has 0 saturated carbocycles. The molecule has 1 aliphatic rings. The van der Waals surface area contributed by atoms with Crippen LogP contribution in [-0.2, 0) is 4.74 Å². The van der Waals surface area contributed by atoms with Gasteiger partial charge in [0, 0.05) is 13.1 Å². The SMILES string of the molecule is C#CCN1CCC(OCC(F)F)CC1. The Kier molecular flexibility index (Phi) is 4.85. The molecule has 4 heteroatoms. The Balaban J connectivity index is 2.13. The monoisotopic (exact) mass is 203 g/mol. The summed E-state index contributed by atoms with van der Waals surface area (Å²) in [7, 11) is 0. The van der Waals surface area contributed by atoms with Crippen LogP contribution in [0.2, 0.25) is 0 Å². The Labute approximate surface area is 83.2 Å². The fourth-order valence-electron chi connectivity index (χ4n) is 1.57. The smallest absolute Gasteiger partial charge is 0.261 e. The van der Waals surface area contributed by atoms with Crippen molar-refractivity contribution in [2.45, 2.75) is 25.4 Å². The van der Waals surface area contributed by atoms with E-state index in [1.54, 1.807) is 0 Å². The summed E-state index contributed by atoms with van der Waals surface area (Å²) in [4.78, 5) is 2.13. The van der Waals surface area contributed by atoms with Gasteiger partial charge in [-0.15, -0.1) is 6.42 Å². The largest absolute Gasteiger partial charge is 0.372 e. The highest BCUT2D eigenvalue weighted by Gasteiger charge is 2.19. The number of alkyl halides is 2. The minimum Gasteiger partial charge on any atom is -0.372 e. The van der Waals surface area contributed by atoms with Crippen molar-refractivity contribution in [2.24, 2.45) is 0 Å². The van der Waals surface area contributed by atoms with Gasteiger partial charge >= 0.3 is 0 Å². The average Bonchev–Trinajstić information content (AvgIpc) is 2.17. The number of likely N-dealkylation sites (tertiary alicyclic amines) is 1. The van der Waals surface area contributed by atoms with Gasteiger partial charge in [-0.2, -0.15) is 0 Å². The van der Waals surface area contributed by atoms with Gasteiger partial charge in [-0.3, -0.25) is 4.90 Å². The molecule has 0 unspecified atom stereocenters. The fraction of sp³-hybridized carbons (Fsp3) is 0.800. The first-order valence-corrected chi connectivity index (χ1v) is 4.78. The summed E-state index contributed by atoms with van der Waals surface area (Å²) in [6.45, 7) is 1.89. The molecule has 80 valence electrons. The molecular weight excluding hydrogens is 188 g/mol. The molecule has 0 aliphatic carbocycles. The quantitative estimate of drug-likeness (QED) is 0.640. The molecule has 0 N–H and O–H groups in total. The third-order valence-corrected chi connectivity index (χ3v) is 2.31. The molecule has 1 heterocycles. The Bertz CT molecular complexity index is 195. The van der Waals surface area contributed by atoms with Crippen LogP contribution in [0.4, 0.5) is 8.78 Å². The van der Waals surface area contributed by atoms with Crippen molar-refractivity contribution in [3.8, 4) is 12.3 Å². The standard InChI is InChI=1S/C10H15F2NO/c1-2-5-13-6-3-9(4-7-13)14-8-10(11)12/h1,9-10H,3-8H2. The predicted molar refractivity (Wildman–Crippen MR) is 50.3 cm³/mol. The van der Waals surface area contributed by atoms with E-state index in [0.717, 1.165) is 25.9 Å². The summed E-state index contributed by atoms with van der Waals surface area (Å²) >= 11 is 0. The maximum Gasteiger partial charge on any atom is 0.261 e. The summed E-state index contributed by atoms with van der Waals surface area (Å²) in [5, 5.41) is 0. The van der Waals surface area contributed by atoms with Gasteiger partial charge in [0.05, 0.1) is 12.6 Å². The molecule has 1 saturated heterocycles. The number of terminal acetylenes is 1. The van der Waals surface area contributed by atoms with Crippen molar-refractivity contribution >= 4 is 0 Å². The van der Waals surface area contributed by atoms with Gasteiger partial charge < -0.3 is 4.74 Å². The zero-order chi connectivity index (χ0) is 10.4. The van der Waals surface area contributed by atoms with E-state index in [2.05, 4.69) is 10.8 Å². The van der Waals surface area contributed by atoms with Crippen LogP contribution in [0.1, 0.15) is 12.8 Å². The van der Waals surface area contributed by atoms with E-state index in [4.69, 9.17) is 11.2 Å². The van der Waals surface area contributed by atoms with Crippen molar-refractivity contribution in [2.75, 3.05) is 26.2 Å². The summed E-state index contributed by atoms with van der Waals surface area (Å²) in [6, 6.07) is 0. The Morgan fingerprint density at radius 1 is 1.43 bits per heavy atom. The summed E-state index contributed by atoms with van der Waals surface area (Å²) in [5.74, 6) is 2.57. The van der Waals surface area contributed by atoms with Crippen LogP contribution in [0.15, 0.2) is 0 Å². The van der Waals surface area contributed by atoms with Crippen molar-refractivity contribution in [3.63, 3.8) is 0 Å².